The zero-order valence-electron chi connectivity index (χ0n) is 14.8. The summed E-state index contributed by atoms with van der Waals surface area (Å²) in [5.41, 5.74) is 3.13. The van der Waals surface area contributed by atoms with E-state index in [-0.39, 0.29) is 18.4 Å². The number of anilines is 1. The smallest absolute Gasteiger partial charge is 0.262 e. The summed E-state index contributed by atoms with van der Waals surface area (Å²) in [6, 6.07) is 10.9. The Morgan fingerprint density at radius 2 is 2.15 bits per heavy atom. The Morgan fingerprint density at radius 1 is 1.26 bits per heavy atom. The molecule has 1 aliphatic heterocycles. The van der Waals surface area contributed by atoms with Gasteiger partial charge in [0.1, 0.15) is 11.5 Å². The molecule has 0 aliphatic carbocycles. The molecular weight excluding hydrogens is 346 g/mol. The van der Waals surface area contributed by atoms with Gasteiger partial charge in [0.05, 0.1) is 12.8 Å². The third-order valence-corrected chi connectivity index (χ3v) is 4.53. The number of hydrogen-bond acceptors (Lipinski definition) is 4. The van der Waals surface area contributed by atoms with E-state index in [1.54, 1.807) is 25.3 Å². The number of aromatic amines is 1. The number of nitrogens with one attached hydrogen (secondary N) is 3. The van der Waals surface area contributed by atoms with Crippen LogP contribution in [0.1, 0.15) is 15.9 Å². The van der Waals surface area contributed by atoms with E-state index in [0.29, 0.717) is 30.0 Å². The fourth-order valence-electron chi connectivity index (χ4n) is 3.13. The first-order valence-corrected chi connectivity index (χ1v) is 8.63. The molecule has 0 spiro atoms. The van der Waals surface area contributed by atoms with Crippen molar-refractivity contribution in [1.82, 2.24) is 10.3 Å². The van der Waals surface area contributed by atoms with Gasteiger partial charge in [0.25, 0.3) is 11.8 Å². The largest absolute Gasteiger partial charge is 0.497 e. The molecule has 2 amide bonds. The number of benzene rings is 2. The first-order valence-electron chi connectivity index (χ1n) is 8.63. The first-order chi connectivity index (χ1) is 13.1. The fraction of sp³-hybridized carbons (Fsp3) is 0.200. The molecule has 0 saturated carbocycles. The molecule has 3 N–H and O–H groups in total. The molecule has 4 rings (SSSR count). The summed E-state index contributed by atoms with van der Waals surface area (Å²) in [4.78, 5) is 27.1. The number of ether oxygens (including phenoxy) is 2. The van der Waals surface area contributed by atoms with Gasteiger partial charge in [-0.05, 0) is 48.4 Å². The number of amides is 2. The summed E-state index contributed by atoms with van der Waals surface area (Å²) in [6.07, 6.45) is 2.63. The number of fused-ring (bicyclic) bond motifs is 2. The number of carbonyl (C=O) groups excluding carboxylic acids is 2. The molecule has 138 valence electrons. The van der Waals surface area contributed by atoms with Crippen LogP contribution >= 0.6 is 0 Å². The standard InChI is InChI=1S/C20H19N3O4/c1-26-14-3-4-16-15(9-14)13(10-22-16)6-7-21-20(25)12-2-5-18-17(8-12)23-19(24)11-27-18/h2-5,8-10,22H,6-7,11H2,1H3,(H,21,25)(H,23,24). The normalized spacial score (nSPS) is 12.9. The van der Waals surface area contributed by atoms with Crippen LogP contribution in [-0.2, 0) is 11.2 Å². The minimum Gasteiger partial charge on any atom is -0.497 e. The van der Waals surface area contributed by atoms with Crippen molar-refractivity contribution in [2.24, 2.45) is 0 Å². The lowest BCUT2D eigenvalue weighted by molar-refractivity contribution is -0.118. The van der Waals surface area contributed by atoms with Crippen molar-refractivity contribution in [2.75, 3.05) is 25.6 Å². The number of aromatic nitrogens is 1. The van der Waals surface area contributed by atoms with E-state index in [4.69, 9.17) is 9.47 Å². The molecule has 0 fully saturated rings. The molecule has 0 radical (unpaired) electrons. The SMILES string of the molecule is COc1ccc2[nH]cc(CCNC(=O)c3ccc4c(c3)NC(=O)CO4)c2c1. The van der Waals surface area contributed by atoms with E-state index in [0.717, 1.165) is 22.2 Å². The quantitative estimate of drug-likeness (QED) is 0.648. The molecule has 1 aliphatic rings. The minimum atomic E-state index is -0.227. The van der Waals surface area contributed by atoms with Crippen LogP contribution in [0, 0.1) is 0 Å². The molecule has 27 heavy (non-hydrogen) atoms. The maximum absolute atomic E-state index is 12.4. The van der Waals surface area contributed by atoms with Crippen molar-refractivity contribution in [2.45, 2.75) is 6.42 Å². The summed E-state index contributed by atoms with van der Waals surface area (Å²) in [6.45, 7) is 0.483. The van der Waals surface area contributed by atoms with Gasteiger partial charge in [0, 0.05) is 29.2 Å². The second-order valence-electron chi connectivity index (χ2n) is 6.28. The Kier molecular flexibility index (Phi) is 4.42. The highest BCUT2D eigenvalue weighted by Gasteiger charge is 2.17. The minimum absolute atomic E-state index is 0.00600. The van der Waals surface area contributed by atoms with Gasteiger partial charge < -0.3 is 25.1 Å². The lowest BCUT2D eigenvalue weighted by Gasteiger charge is -2.18. The third kappa shape index (κ3) is 3.44. The van der Waals surface area contributed by atoms with Gasteiger partial charge in [-0.25, -0.2) is 0 Å². The van der Waals surface area contributed by atoms with Crippen LogP contribution < -0.4 is 20.1 Å². The van der Waals surface area contributed by atoms with Crippen LogP contribution in [-0.4, -0.2) is 37.1 Å². The number of hydrogen-bond donors (Lipinski definition) is 3. The molecule has 2 aromatic carbocycles. The van der Waals surface area contributed by atoms with Crippen molar-refractivity contribution < 1.29 is 19.1 Å². The van der Waals surface area contributed by atoms with Crippen molar-refractivity contribution in [1.29, 1.82) is 0 Å². The van der Waals surface area contributed by atoms with E-state index in [9.17, 15) is 9.59 Å². The van der Waals surface area contributed by atoms with Gasteiger partial charge in [-0.3, -0.25) is 9.59 Å². The summed E-state index contributed by atoms with van der Waals surface area (Å²) in [7, 11) is 1.64. The first kappa shape index (κ1) is 17.0. The van der Waals surface area contributed by atoms with E-state index < -0.39 is 0 Å². The molecule has 0 bridgehead atoms. The van der Waals surface area contributed by atoms with Crippen LogP contribution in [0.3, 0.4) is 0 Å². The number of rotatable bonds is 5. The Bertz CT molecular complexity index is 1030. The molecule has 0 saturated heterocycles. The molecule has 0 atom stereocenters. The molecule has 3 aromatic rings. The van der Waals surface area contributed by atoms with Gasteiger partial charge in [0.15, 0.2) is 6.61 Å². The predicted molar refractivity (Wildman–Crippen MR) is 101 cm³/mol. The molecule has 7 nitrogen and oxygen atoms in total. The summed E-state index contributed by atoms with van der Waals surface area (Å²) >= 11 is 0. The Balaban J connectivity index is 1.41. The lowest BCUT2D eigenvalue weighted by Crippen LogP contribution is -2.28. The van der Waals surface area contributed by atoms with Gasteiger partial charge in [-0.1, -0.05) is 0 Å². The number of H-pyrrole nitrogens is 1. The lowest BCUT2D eigenvalue weighted by atomic mass is 10.1. The summed E-state index contributed by atoms with van der Waals surface area (Å²) in [5, 5.41) is 6.70. The summed E-state index contributed by atoms with van der Waals surface area (Å²) < 4.78 is 10.6. The third-order valence-electron chi connectivity index (χ3n) is 4.53. The van der Waals surface area contributed by atoms with Gasteiger partial charge in [-0.2, -0.15) is 0 Å². The Hall–Kier alpha value is -3.48. The Labute approximate surface area is 155 Å². The van der Waals surface area contributed by atoms with Crippen molar-refractivity contribution in [3.63, 3.8) is 0 Å². The average Bonchev–Trinajstić information content (AvgIpc) is 3.09. The van der Waals surface area contributed by atoms with Crippen LogP contribution in [0.2, 0.25) is 0 Å². The maximum Gasteiger partial charge on any atom is 0.262 e. The van der Waals surface area contributed by atoms with Crippen LogP contribution in [0.4, 0.5) is 5.69 Å². The Morgan fingerprint density at radius 3 is 3.00 bits per heavy atom. The summed E-state index contributed by atoms with van der Waals surface area (Å²) in [5.74, 6) is 0.939. The molecule has 7 heteroatoms. The van der Waals surface area contributed by atoms with Gasteiger partial charge in [-0.15, -0.1) is 0 Å². The van der Waals surface area contributed by atoms with Crippen LogP contribution in [0.15, 0.2) is 42.6 Å². The van der Waals surface area contributed by atoms with Crippen LogP contribution in [0.25, 0.3) is 10.9 Å². The van der Waals surface area contributed by atoms with Crippen LogP contribution in [0.5, 0.6) is 11.5 Å². The molecule has 1 aromatic heterocycles. The topological polar surface area (TPSA) is 92.5 Å². The zero-order valence-corrected chi connectivity index (χ0v) is 14.8. The predicted octanol–water partition coefficient (Wildman–Crippen LogP) is 2.48. The van der Waals surface area contributed by atoms with Gasteiger partial charge >= 0.3 is 0 Å². The zero-order chi connectivity index (χ0) is 18.8. The van der Waals surface area contributed by atoms with Crippen molar-refractivity contribution in [3.05, 3.63) is 53.7 Å². The second kappa shape index (κ2) is 7.03. The van der Waals surface area contributed by atoms with Crippen molar-refractivity contribution >= 4 is 28.4 Å². The maximum atomic E-state index is 12.4. The van der Waals surface area contributed by atoms with E-state index in [1.807, 2.05) is 24.4 Å². The molecule has 0 unspecified atom stereocenters. The second-order valence-corrected chi connectivity index (χ2v) is 6.28. The van der Waals surface area contributed by atoms with E-state index in [2.05, 4.69) is 15.6 Å². The highest BCUT2D eigenvalue weighted by molar-refractivity contribution is 5.99. The molecular formula is C20H19N3O4. The van der Waals surface area contributed by atoms with E-state index >= 15 is 0 Å². The highest BCUT2D eigenvalue weighted by atomic mass is 16.5. The van der Waals surface area contributed by atoms with Gasteiger partial charge in [0.2, 0.25) is 0 Å². The average molecular weight is 365 g/mol. The fourth-order valence-corrected chi connectivity index (χ4v) is 3.13. The monoisotopic (exact) mass is 365 g/mol. The van der Waals surface area contributed by atoms with E-state index in [1.165, 1.54) is 0 Å². The number of carbonyl (C=O) groups is 2. The molecule has 2 heterocycles. The van der Waals surface area contributed by atoms with Crippen molar-refractivity contribution in [3.8, 4) is 11.5 Å². The highest BCUT2D eigenvalue weighted by Crippen LogP contribution is 2.28. The number of methoxy groups -OCH3 is 1.